The van der Waals surface area contributed by atoms with Crippen LogP contribution in [0.25, 0.3) is 0 Å². The Morgan fingerprint density at radius 3 is 2.09 bits per heavy atom. The highest BCUT2D eigenvalue weighted by Crippen LogP contribution is 2.23. The van der Waals surface area contributed by atoms with Crippen LogP contribution in [0.4, 0.5) is 0 Å². The van der Waals surface area contributed by atoms with E-state index in [-0.39, 0.29) is 5.54 Å². The van der Waals surface area contributed by atoms with Gasteiger partial charge in [0.2, 0.25) is 0 Å². The Morgan fingerprint density at radius 2 is 2.00 bits per heavy atom. The van der Waals surface area contributed by atoms with Gasteiger partial charge in [0.25, 0.3) is 0 Å². The van der Waals surface area contributed by atoms with Crippen LogP contribution in [-0.2, 0) is 0 Å². The van der Waals surface area contributed by atoms with Gasteiger partial charge in [-0.1, -0.05) is 19.4 Å². The quantitative estimate of drug-likeness (QED) is 0.615. The van der Waals surface area contributed by atoms with Crippen molar-refractivity contribution in [3.63, 3.8) is 0 Å². The second-order valence-electron chi connectivity index (χ2n) is 3.96. The van der Waals surface area contributed by atoms with E-state index >= 15 is 0 Å². The minimum absolute atomic E-state index is 0.214. The smallest absolute Gasteiger partial charge is 0.0210 e. The normalized spacial score (nSPS) is 16.5. The summed E-state index contributed by atoms with van der Waals surface area (Å²) in [6, 6.07) is 0. The molecule has 0 radical (unpaired) electrons. The molecule has 1 nitrogen and oxygen atoms in total. The zero-order valence-corrected chi connectivity index (χ0v) is 8.49. The lowest BCUT2D eigenvalue weighted by Crippen LogP contribution is -2.44. The summed E-state index contributed by atoms with van der Waals surface area (Å²) in [5.74, 6) is 0.643. The van der Waals surface area contributed by atoms with Gasteiger partial charge in [-0.3, -0.25) is 0 Å². The van der Waals surface area contributed by atoms with Crippen LogP contribution in [0.3, 0.4) is 0 Å². The molecule has 0 aliphatic rings. The maximum atomic E-state index is 3.93. The van der Waals surface area contributed by atoms with Crippen molar-refractivity contribution >= 4 is 0 Å². The van der Waals surface area contributed by atoms with E-state index in [2.05, 4.69) is 39.6 Å². The molecule has 0 heterocycles. The van der Waals surface area contributed by atoms with Crippen molar-refractivity contribution in [1.29, 1.82) is 0 Å². The van der Waals surface area contributed by atoms with Crippen molar-refractivity contribution in [3.8, 4) is 0 Å². The molecule has 11 heavy (non-hydrogen) atoms. The number of hydrogen-bond acceptors (Lipinski definition) is 1. The minimum atomic E-state index is 0.214. The first-order valence-corrected chi connectivity index (χ1v) is 4.25. The van der Waals surface area contributed by atoms with Gasteiger partial charge >= 0.3 is 0 Å². The fraction of sp³-hybridized carbons (Fsp3) is 0.800. The molecule has 0 spiro atoms. The van der Waals surface area contributed by atoms with Crippen molar-refractivity contribution in [2.75, 3.05) is 7.05 Å². The summed E-state index contributed by atoms with van der Waals surface area (Å²) >= 11 is 0. The lowest BCUT2D eigenvalue weighted by Gasteiger charge is -2.33. The summed E-state index contributed by atoms with van der Waals surface area (Å²) < 4.78 is 0. The Kier molecular flexibility index (Phi) is 3.81. The molecule has 1 heteroatoms. The van der Waals surface area contributed by atoms with Gasteiger partial charge in [0.15, 0.2) is 0 Å². The standard InChI is InChI=1S/C10H21N/c1-8(2)7-10(5,11-6)9(3)4/h9,11H,1,7H2,2-6H3. The zero-order valence-electron chi connectivity index (χ0n) is 8.49. The first-order valence-electron chi connectivity index (χ1n) is 4.25. The third-order valence-electron chi connectivity index (χ3n) is 2.51. The van der Waals surface area contributed by atoms with Gasteiger partial charge < -0.3 is 5.32 Å². The van der Waals surface area contributed by atoms with E-state index in [1.54, 1.807) is 0 Å². The maximum absolute atomic E-state index is 3.93. The molecule has 0 bridgehead atoms. The molecule has 0 aromatic carbocycles. The van der Waals surface area contributed by atoms with Gasteiger partial charge in [-0.25, -0.2) is 0 Å². The van der Waals surface area contributed by atoms with Crippen LogP contribution >= 0.6 is 0 Å². The van der Waals surface area contributed by atoms with Crippen LogP contribution in [0.2, 0.25) is 0 Å². The fourth-order valence-electron chi connectivity index (χ4n) is 1.21. The summed E-state index contributed by atoms with van der Waals surface area (Å²) in [4.78, 5) is 0. The molecular formula is C10H21N. The van der Waals surface area contributed by atoms with Crippen molar-refractivity contribution in [3.05, 3.63) is 12.2 Å². The zero-order chi connectivity index (χ0) is 9.07. The van der Waals surface area contributed by atoms with Crippen molar-refractivity contribution < 1.29 is 0 Å². The van der Waals surface area contributed by atoms with Gasteiger partial charge in [-0.15, -0.1) is 6.58 Å². The summed E-state index contributed by atoms with van der Waals surface area (Å²) in [6.07, 6.45) is 1.06. The monoisotopic (exact) mass is 155 g/mol. The Hall–Kier alpha value is -0.300. The molecule has 1 atom stereocenters. The predicted octanol–water partition coefficient (Wildman–Crippen LogP) is 2.59. The molecule has 0 amide bonds. The van der Waals surface area contributed by atoms with Crippen LogP contribution in [0.1, 0.15) is 34.1 Å². The Balaban J connectivity index is 4.22. The summed E-state index contributed by atoms with van der Waals surface area (Å²) in [5.41, 5.74) is 1.46. The molecule has 0 aromatic rings. The molecule has 0 aromatic heterocycles. The Bertz CT molecular complexity index is 138. The molecule has 0 rings (SSSR count). The topological polar surface area (TPSA) is 12.0 Å². The van der Waals surface area contributed by atoms with E-state index in [9.17, 15) is 0 Å². The lowest BCUT2D eigenvalue weighted by atomic mass is 9.83. The fourth-order valence-corrected chi connectivity index (χ4v) is 1.21. The van der Waals surface area contributed by atoms with Crippen LogP contribution in [0.5, 0.6) is 0 Å². The van der Waals surface area contributed by atoms with E-state index in [1.165, 1.54) is 5.57 Å². The number of nitrogens with one attached hydrogen (secondary N) is 1. The van der Waals surface area contributed by atoms with E-state index in [0.717, 1.165) is 6.42 Å². The molecule has 0 saturated heterocycles. The minimum Gasteiger partial charge on any atom is -0.314 e. The highest BCUT2D eigenvalue weighted by atomic mass is 14.9. The van der Waals surface area contributed by atoms with Gasteiger partial charge in [0.05, 0.1) is 0 Å². The van der Waals surface area contributed by atoms with Gasteiger partial charge in [0, 0.05) is 5.54 Å². The van der Waals surface area contributed by atoms with Crippen LogP contribution in [0.15, 0.2) is 12.2 Å². The molecule has 1 N–H and O–H groups in total. The van der Waals surface area contributed by atoms with E-state index in [0.29, 0.717) is 5.92 Å². The molecule has 0 fully saturated rings. The first kappa shape index (κ1) is 10.7. The van der Waals surface area contributed by atoms with Gasteiger partial charge in [0.1, 0.15) is 0 Å². The number of hydrogen-bond donors (Lipinski definition) is 1. The molecule has 0 aliphatic carbocycles. The van der Waals surface area contributed by atoms with Crippen LogP contribution in [-0.4, -0.2) is 12.6 Å². The SMILES string of the molecule is C=C(C)CC(C)(NC)C(C)C. The average Bonchev–Trinajstić information content (AvgIpc) is 1.86. The van der Waals surface area contributed by atoms with Gasteiger partial charge in [-0.05, 0) is 33.2 Å². The predicted molar refractivity (Wildman–Crippen MR) is 51.7 cm³/mol. The Labute approximate surface area is 70.9 Å². The van der Waals surface area contributed by atoms with Gasteiger partial charge in [-0.2, -0.15) is 0 Å². The molecule has 1 unspecified atom stereocenters. The Morgan fingerprint density at radius 1 is 1.55 bits per heavy atom. The molecule has 66 valence electrons. The van der Waals surface area contributed by atoms with E-state index in [4.69, 9.17) is 0 Å². The van der Waals surface area contributed by atoms with E-state index < -0.39 is 0 Å². The molecule has 0 aliphatic heterocycles. The van der Waals surface area contributed by atoms with Crippen molar-refractivity contribution in [2.24, 2.45) is 5.92 Å². The van der Waals surface area contributed by atoms with Crippen molar-refractivity contribution in [1.82, 2.24) is 5.32 Å². The first-order chi connectivity index (χ1) is 4.92. The second kappa shape index (κ2) is 3.91. The van der Waals surface area contributed by atoms with Crippen LogP contribution < -0.4 is 5.32 Å². The summed E-state index contributed by atoms with van der Waals surface area (Å²) in [7, 11) is 2.02. The van der Waals surface area contributed by atoms with Crippen molar-refractivity contribution in [2.45, 2.75) is 39.7 Å². The summed E-state index contributed by atoms with van der Waals surface area (Å²) in [6.45, 7) is 12.7. The van der Waals surface area contributed by atoms with Crippen LogP contribution in [0, 0.1) is 5.92 Å². The largest absolute Gasteiger partial charge is 0.314 e. The average molecular weight is 155 g/mol. The van der Waals surface area contributed by atoms with E-state index in [1.807, 2.05) is 7.05 Å². The highest BCUT2D eigenvalue weighted by Gasteiger charge is 2.25. The summed E-state index contributed by atoms with van der Waals surface area (Å²) in [5, 5.41) is 3.35. The molecular weight excluding hydrogens is 134 g/mol. The third kappa shape index (κ3) is 3.06. The maximum Gasteiger partial charge on any atom is 0.0210 e. The third-order valence-corrected chi connectivity index (χ3v) is 2.51. The lowest BCUT2D eigenvalue weighted by molar-refractivity contribution is 0.278. The highest BCUT2D eigenvalue weighted by molar-refractivity contribution is 5.00. The molecule has 0 saturated carbocycles. The number of rotatable bonds is 4. The second-order valence-corrected chi connectivity index (χ2v) is 3.96.